The van der Waals surface area contributed by atoms with Gasteiger partial charge in [0, 0.05) is 25.2 Å². The number of phenolic OH excluding ortho intramolecular Hbond substituents is 1. The zero-order valence-corrected chi connectivity index (χ0v) is 8.74. The maximum atomic E-state index is 9.52. The summed E-state index contributed by atoms with van der Waals surface area (Å²) >= 11 is 0. The predicted molar refractivity (Wildman–Crippen MR) is 61.6 cm³/mol. The molecule has 0 unspecified atom stereocenters. The zero-order chi connectivity index (χ0) is 10.3. The first-order valence-corrected chi connectivity index (χ1v) is 5.68. The molecule has 3 nitrogen and oxygen atoms in total. The van der Waals surface area contributed by atoms with E-state index in [1.807, 2.05) is 12.1 Å². The molecule has 2 aliphatic rings. The SMILES string of the molecule is Oc1ccc2c(c1)N(C1CCC1)CCN2. The summed E-state index contributed by atoms with van der Waals surface area (Å²) in [6.07, 6.45) is 3.95. The Morgan fingerprint density at radius 2 is 2.20 bits per heavy atom. The molecule has 0 amide bonds. The van der Waals surface area contributed by atoms with Crippen LogP contribution in [0.5, 0.6) is 5.75 Å². The number of aromatic hydroxyl groups is 1. The van der Waals surface area contributed by atoms with Crippen LogP contribution in [-0.2, 0) is 0 Å². The van der Waals surface area contributed by atoms with Crippen molar-refractivity contribution < 1.29 is 5.11 Å². The van der Waals surface area contributed by atoms with Crippen molar-refractivity contribution in [1.82, 2.24) is 0 Å². The fourth-order valence-corrected chi connectivity index (χ4v) is 2.42. The molecule has 1 aromatic carbocycles. The van der Waals surface area contributed by atoms with Crippen LogP contribution in [0.4, 0.5) is 11.4 Å². The lowest BCUT2D eigenvalue weighted by Crippen LogP contribution is -2.45. The first-order chi connectivity index (χ1) is 7.34. The largest absolute Gasteiger partial charge is 0.508 e. The van der Waals surface area contributed by atoms with Crippen LogP contribution >= 0.6 is 0 Å². The Hall–Kier alpha value is -1.38. The fourth-order valence-electron chi connectivity index (χ4n) is 2.42. The van der Waals surface area contributed by atoms with E-state index in [-0.39, 0.29) is 0 Å². The molecule has 1 aliphatic heterocycles. The van der Waals surface area contributed by atoms with Gasteiger partial charge in [-0.2, -0.15) is 0 Å². The summed E-state index contributed by atoms with van der Waals surface area (Å²) in [6, 6.07) is 6.29. The number of fused-ring (bicyclic) bond motifs is 1. The van der Waals surface area contributed by atoms with Gasteiger partial charge in [-0.25, -0.2) is 0 Å². The number of phenols is 1. The van der Waals surface area contributed by atoms with Crippen molar-refractivity contribution >= 4 is 11.4 Å². The summed E-state index contributed by atoms with van der Waals surface area (Å²) in [5, 5.41) is 12.9. The minimum absolute atomic E-state index is 0.363. The number of hydrogen-bond acceptors (Lipinski definition) is 3. The lowest BCUT2D eigenvalue weighted by molar-refractivity contribution is 0.386. The van der Waals surface area contributed by atoms with Crippen molar-refractivity contribution in [2.24, 2.45) is 0 Å². The Morgan fingerprint density at radius 1 is 1.33 bits per heavy atom. The van der Waals surface area contributed by atoms with E-state index in [4.69, 9.17) is 0 Å². The monoisotopic (exact) mass is 204 g/mol. The van der Waals surface area contributed by atoms with Crippen LogP contribution in [0.3, 0.4) is 0 Å². The van der Waals surface area contributed by atoms with E-state index >= 15 is 0 Å². The molecule has 3 heteroatoms. The molecule has 0 radical (unpaired) electrons. The van der Waals surface area contributed by atoms with Crippen LogP contribution in [-0.4, -0.2) is 24.2 Å². The van der Waals surface area contributed by atoms with Crippen molar-refractivity contribution in [3.8, 4) is 5.75 Å². The van der Waals surface area contributed by atoms with Gasteiger partial charge in [0.05, 0.1) is 11.4 Å². The number of anilines is 2. The Balaban J connectivity index is 1.96. The zero-order valence-electron chi connectivity index (χ0n) is 8.74. The lowest BCUT2D eigenvalue weighted by atomic mass is 9.90. The maximum Gasteiger partial charge on any atom is 0.117 e. The molecule has 0 atom stereocenters. The molecule has 1 aliphatic carbocycles. The van der Waals surface area contributed by atoms with Crippen molar-refractivity contribution in [3.63, 3.8) is 0 Å². The molecular weight excluding hydrogens is 188 g/mol. The molecule has 3 rings (SSSR count). The smallest absolute Gasteiger partial charge is 0.117 e. The number of rotatable bonds is 1. The van der Waals surface area contributed by atoms with Crippen LogP contribution in [0.15, 0.2) is 18.2 Å². The molecule has 0 bridgehead atoms. The quantitative estimate of drug-likeness (QED) is 0.688. The Morgan fingerprint density at radius 3 is 2.93 bits per heavy atom. The summed E-state index contributed by atoms with van der Waals surface area (Å²) in [4.78, 5) is 2.44. The average molecular weight is 204 g/mol. The number of hydrogen-bond donors (Lipinski definition) is 2. The molecular formula is C12H16N2O. The van der Waals surface area contributed by atoms with E-state index in [1.165, 1.54) is 24.9 Å². The highest BCUT2D eigenvalue weighted by Crippen LogP contribution is 2.37. The summed E-state index contributed by atoms with van der Waals surface area (Å²) < 4.78 is 0. The van der Waals surface area contributed by atoms with E-state index in [2.05, 4.69) is 10.2 Å². The second-order valence-electron chi connectivity index (χ2n) is 4.41. The molecule has 0 aromatic heterocycles. The lowest BCUT2D eigenvalue weighted by Gasteiger charge is -2.42. The van der Waals surface area contributed by atoms with Gasteiger partial charge in [0.15, 0.2) is 0 Å². The molecule has 1 fully saturated rings. The first kappa shape index (κ1) is 8.89. The van der Waals surface area contributed by atoms with Crippen molar-refractivity contribution in [2.45, 2.75) is 25.3 Å². The first-order valence-electron chi connectivity index (χ1n) is 5.68. The second-order valence-corrected chi connectivity index (χ2v) is 4.41. The highest BCUT2D eigenvalue weighted by molar-refractivity contribution is 5.74. The van der Waals surface area contributed by atoms with Crippen molar-refractivity contribution in [3.05, 3.63) is 18.2 Å². The van der Waals surface area contributed by atoms with Crippen LogP contribution in [0.1, 0.15) is 19.3 Å². The van der Waals surface area contributed by atoms with Gasteiger partial charge in [0.1, 0.15) is 5.75 Å². The normalized spacial score (nSPS) is 20.4. The summed E-state index contributed by atoms with van der Waals surface area (Å²) in [6.45, 7) is 2.06. The van der Waals surface area contributed by atoms with Gasteiger partial charge in [-0.05, 0) is 31.4 Å². The third-order valence-corrected chi connectivity index (χ3v) is 3.47. The summed E-state index contributed by atoms with van der Waals surface area (Å²) in [5.74, 6) is 0.363. The Labute approximate surface area is 89.7 Å². The topological polar surface area (TPSA) is 35.5 Å². The van der Waals surface area contributed by atoms with Crippen LogP contribution < -0.4 is 10.2 Å². The van der Waals surface area contributed by atoms with E-state index in [0.29, 0.717) is 11.8 Å². The average Bonchev–Trinajstić information content (AvgIpc) is 2.16. The van der Waals surface area contributed by atoms with Crippen molar-refractivity contribution in [1.29, 1.82) is 0 Å². The highest BCUT2D eigenvalue weighted by Gasteiger charge is 2.28. The number of benzene rings is 1. The Bertz CT molecular complexity index is 374. The molecule has 80 valence electrons. The van der Waals surface area contributed by atoms with Gasteiger partial charge in [-0.1, -0.05) is 0 Å². The number of nitrogens with one attached hydrogen (secondary N) is 1. The number of nitrogens with zero attached hydrogens (tertiary/aromatic N) is 1. The minimum atomic E-state index is 0.363. The molecule has 1 saturated carbocycles. The van der Waals surface area contributed by atoms with Gasteiger partial charge < -0.3 is 15.3 Å². The minimum Gasteiger partial charge on any atom is -0.508 e. The maximum absolute atomic E-state index is 9.52. The molecule has 15 heavy (non-hydrogen) atoms. The van der Waals surface area contributed by atoms with E-state index in [9.17, 15) is 5.11 Å². The summed E-state index contributed by atoms with van der Waals surface area (Å²) in [5.41, 5.74) is 2.33. The third kappa shape index (κ3) is 1.42. The van der Waals surface area contributed by atoms with E-state index in [1.54, 1.807) is 6.07 Å². The van der Waals surface area contributed by atoms with Crippen LogP contribution in [0.2, 0.25) is 0 Å². The van der Waals surface area contributed by atoms with Gasteiger partial charge >= 0.3 is 0 Å². The standard InChI is InChI=1S/C12H16N2O/c15-10-4-5-11-12(8-10)14(7-6-13-11)9-2-1-3-9/h4-5,8-9,13,15H,1-3,6-7H2. The van der Waals surface area contributed by atoms with Crippen LogP contribution in [0, 0.1) is 0 Å². The highest BCUT2D eigenvalue weighted by atomic mass is 16.3. The predicted octanol–water partition coefficient (Wildman–Crippen LogP) is 2.18. The summed E-state index contributed by atoms with van der Waals surface area (Å²) in [7, 11) is 0. The third-order valence-electron chi connectivity index (χ3n) is 3.47. The van der Waals surface area contributed by atoms with Gasteiger partial charge in [0.25, 0.3) is 0 Å². The fraction of sp³-hybridized carbons (Fsp3) is 0.500. The molecule has 2 N–H and O–H groups in total. The van der Waals surface area contributed by atoms with Gasteiger partial charge in [-0.15, -0.1) is 0 Å². The second kappa shape index (κ2) is 3.33. The molecule has 1 aromatic rings. The Kier molecular flexibility index (Phi) is 1.97. The van der Waals surface area contributed by atoms with Gasteiger partial charge in [-0.3, -0.25) is 0 Å². The van der Waals surface area contributed by atoms with Crippen LogP contribution in [0.25, 0.3) is 0 Å². The molecule has 0 spiro atoms. The molecule has 0 saturated heterocycles. The van der Waals surface area contributed by atoms with Gasteiger partial charge in [0.2, 0.25) is 0 Å². The molecule has 1 heterocycles. The van der Waals surface area contributed by atoms with E-state index < -0.39 is 0 Å². The van der Waals surface area contributed by atoms with E-state index in [0.717, 1.165) is 18.8 Å². The van der Waals surface area contributed by atoms with Crippen molar-refractivity contribution in [2.75, 3.05) is 23.3 Å².